The maximum Gasteiger partial charge on any atom is 0.272 e. The molecule has 29 heavy (non-hydrogen) atoms. The number of hydrogen-bond acceptors (Lipinski definition) is 5. The Morgan fingerprint density at radius 3 is 2.93 bits per heavy atom. The Hall–Kier alpha value is -1.93. The molecule has 1 saturated heterocycles. The largest absolute Gasteiger partial charge is 0.351 e. The minimum Gasteiger partial charge on any atom is -0.351 e. The molecule has 4 rings (SSSR count). The van der Waals surface area contributed by atoms with Gasteiger partial charge >= 0.3 is 0 Å². The summed E-state index contributed by atoms with van der Waals surface area (Å²) in [4.78, 5) is 17.5. The maximum atomic E-state index is 12.5. The lowest BCUT2D eigenvalue weighted by Crippen LogP contribution is -2.47. The van der Waals surface area contributed by atoms with Crippen molar-refractivity contribution in [2.24, 2.45) is 0 Å². The van der Waals surface area contributed by atoms with Crippen LogP contribution >= 0.6 is 12.4 Å². The summed E-state index contributed by atoms with van der Waals surface area (Å²) >= 11 is 0. The number of hydrogen-bond donors (Lipinski definition) is 3. The number of H-pyrrole nitrogens is 1. The van der Waals surface area contributed by atoms with Crippen molar-refractivity contribution >= 4 is 18.3 Å². The zero-order chi connectivity index (χ0) is 19.3. The van der Waals surface area contributed by atoms with Gasteiger partial charge in [-0.05, 0) is 19.0 Å². The Morgan fingerprint density at radius 1 is 1.28 bits per heavy atom. The number of piperazine rings is 1. The van der Waals surface area contributed by atoms with Crippen LogP contribution in [0.3, 0.4) is 0 Å². The van der Waals surface area contributed by atoms with Crippen molar-refractivity contribution < 1.29 is 4.79 Å². The van der Waals surface area contributed by atoms with E-state index in [4.69, 9.17) is 0 Å². The Morgan fingerprint density at radius 2 is 2.10 bits per heavy atom. The summed E-state index contributed by atoms with van der Waals surface area (Å²) in [5, 5.41) is 13.6. The van der Waals surface area contributed by atoms with Gasteiger partial charge in [0.25, 0.3) is 5.91 Å². The van der Waals surface area contributed by atoms with Crippen LogP contribution < -0.4 is 10.6 Å². The lowest BCUT2D eigenvalue weighted by molar-refractivity contribution is 0.0864. The van der Waals surface area contributed by atoms with Crippen molar-refractivity contribution in [1.29, 1.82) is 0 Å². The highest BCUT2D eigenvalue weighted by molar-refractivity contribution is 5.94. The van der Waals surface area contributed by atoms with E-state index in [1.54, 1.807) is 0 Å². The van der Waals surface area contributed by atoms with Crippen LogP contribution in [0.2, 0.25) is 0 Å². The lowest BCUT2D eigenvalue weighted by Gasteiger charge is -2.40. The van der Waals surface area contributed by atoms with E-state index in [0.717, 1.165) is 56.8 Å². The third-order valence-corrected chi connectivity index (χ3v) is 5.81. The summed E-state index contributed by atoms with van der Waals surface area (Å²) in [6.45, 7) is 6.49. The molecule has 1 aromatic heterocycles. The van der Waals surface area contributed by atoms with Crippen LogP contribution in [0.1, 0.15) is 39.8 Å². The van der Waals surface area contributed by atoms with Crippen molar-refractivity contribution in [3.05, 3.63) is 52.8 Å². The number of nitrogens with zero attached hydrogens (tertiary/aromatic N) is 3. The fourth-order valence-electron chi connectivity index (χ4n) is 4.20. The molecule has 158 valence electrons. The van der Waals surface area contributed by atoms with Crippen LogP contribution in [0.4, 0.5) is 0 Å². The third kappa shape index (κ3) is 5.17. The molecule has 1 amide bonds. The van der Waals surface area contributed by atoms with Gasteiger partial charge in [-0.15, -0.1) is 12.4 Å². The summed E-state index contributed by atoms with van der Waals surface area (Å²) in [6, 6.07) is 11.1. The summed E-state index contributed by atoms with van der Waals surface area (Å²) in [5.74, 6) is -0.0702. The van der Waals surface area contributed by atoms with Crippen molar-refractivity contribution in [3.63, 3.8) is 0 Å². The van der Waals surface area contributed by atoms with Crippen LogP contribution in [0.25, 0.3) is 0 Å². The van der Waals surface area contributed by atoms with Crippen molar-refractivity contribution in [1.82, 2.24) is 30.6 Å². The number of halogens is 1. The first-order valence-electron chi connectivity index (χ1n) is 10.2. The predicted molar refractivity (Wildman–Crippen MR) is 116 cm³/mol. The van der Waals surface area contributed by atoms with E-state index in [9.17, 15) is 4.79 Å². The van der Waals surface area contributed by atoms with Gasteiger partial charge < -0.3 is 15.5 Å². The van der Waals surface area contributed by atoms with E-state index < -0.39 is 0 Å². The molecule has 1 fully saturated rings. The molecule has 1 unspecified atom stereocenters. The molecular weight excluding hydrogens is 388 g/mol. The molecule has 0 aliphatic carbocycles. The fourth-order valence-corrected chi connectivity index (χ4v) is 4.20. The highest BCUT2D eigenvalue weighted by atomic mass is 35.5. The van der Waals surface area contributed by atoms with E-state index in [1.165, 1.54) is 5.56 Å². The van der Waals surface area contributed by atoms with Gasteiger partial charge in [0.15, 0.2) is 5.69 Å². The molecule has 0 radical (unpaired) electrons. The van der Waals surface area contributed by atoms with Crippen LogP contribution in [-0.2, 0) is 13.0 Å². The van der Waals surface area contributed by atoms with Crippen LogP contribution in [0.15, 0.2) is 30.3 Å². The van der Waals surface area contributed by atoms with Gasteiger partial charge in [-0.1, -0.05) is 30.3 Å². The van der Waals surface area contributed by atoms with E-state index in [1.807, 2.05) is 0 Å². The summed E-state index contributed by atoms with van der Waals surface area (Å²) in [7, 11) is 2.19. The monoisotopic (exact) mass is 418 g/mol. The topological polar surface area (TPSA) is 76.3 Å². The van der Waals surface area contributed by atoms with Crippen LogP contribution in [0.5, 0.6) is 0 Å². The van der Waals surface area contributed by atoms with Crippen molar-refractivity contribution in [3.8, 4) is 0 Å². The van der Waals surface area contributed by atoms with Crippen molar-refractivity contribution in [2.45, 2.75) is 25.4 Å². The number of nitrogens with one attached hydrogen (secondary N) is 3. The van der Waals surface area contributed by atoms with Gasteiger partial charge in [0.05, 0.1) is 0 Å². The van der Waals surface area contributed by atoms with E-state index in [0.29, 0.717) is 24.8 Å². The molecule has 3 N–H and O–H groups in total. The van der Waals surface area contributed by atoms with Gasteiger partial charge in [-0.25, -0.2) is 0 Å². The quantitative estimate of drug-likeness (QED) is 0.621. The third-order valence-electron chi connectivity index (χ3n) is 5.81. The van der Waals surface area contributed by atoms with Gasteiger partial charge in [0, 0.05) is 69.5 Å². The smallest absolute Gasteiger partial charge is 0.272 e. The second-order valence-corrected chi connectivity index (χ2v) is 7.79. The molecular formula is C21H31ClN6O. The SMILES string of the molecule is CN1CCN(CCCNC(=O)c2n[nH]c3c2CNCC3)C(c2ccccc2)C1.Cl. The van der Waals surface area contributed by atoms with E-state index in [-0.39, 0.29) is 18.3 Å². The molecule has 0 spiro atoms. The van der Waals surface area contributed by atoms with Gasteiger partial charge in [0.1, 0.15) is 0 Å². The number of carbonyl (C=O) groups is 1. The normalized spacial score (nSPS) is 20.0. The number of carbonyl (C=O) groups excluding carboxylic acids is 1. The Kier molecular flexibility index (Phi) is 7.66. The van der Waals surface area contributed by atoms with Crippen LogP contribution in [0, 0.1) is 0 Å². The van der Waals surface area contributed by atoms with Gasteiger partial charge in [-0.3, -0.25) is 14.8 Å². The molecule has 2 aliphatic heterocycles. The molecule has 2 aliphatic rings. The fraction of sp³-hybridized carbons (Fsp3) is 0.524. The van der Waals surface area contributed by atoms with Crippen LogP contribution in [-0.4, -0.2) is 72.2 Å². The summed E-state index contributed by atoms with van der Waals surface area (Å²) < 4.78 is 0. The Bertz CT molecular complexity index is 796. The lowest BCUT2D eigenvalue weighted by atomic mass is 10.0. The Balaban J connectivity index is 0.00000240. The van der Waals surface area contributed by atoms with Gasteiger partial charge in [-0.2, -0.15) is 5.10 Å². The zero-order valence-corrected chi connectivity index (χ0v) is 17.8. The minimum absolute atomic E-state index is 0. The number of aromatic nitrogens is 2. The predicted octanol–water partition coefficient (Wildman–Crippen LogP) is 1.59. The average molecular weight is 419 g/mol. The number of amides is 1. The first kappa shape index (κ1) is 21.8. The number of fused-ring (bicyclic) bond motifs is 1. The highest BCUT2D eigenvalue weighted by Gasteiger charge is 2.26. The molecule has 1 atom stereocenters. The summed E-state index contributed by atoms with van der Waals surface area (Å²) in [5.41, 5.74) is 4.02. The standard InChI is InChI=1S/C21H30N6O.ClH/c1-26-12-13-27(19(15-26)16-6-3-2-4-7-16)11-5-9-23-21(28)20-17-14-22-10-8-18(17)24-25-20;/h2-4,6-7,19,22H,5,8-15H2,1H3,(H,23,28)(H,24,25);1H. The number of likely N-dealkylation sites (N-methyl/N-ethyl adjacent to an activating group) is 1. The molecule has 0 saturated carbocycles. The number of benzene rings is 1. The second-order valence-electron chi connectivity index (χ2n) is 7.79. The molecule has 1 aromatic carbocycles. The molecule has 8 heteroatoms. The molecule has 0 bridgehead atoms. The summed E-state index contributed by atoms with van der Waals surface area (Å²) in [6.07, 6.45) is 1.84. The molecule has 7 nitrogen and oxygen atoms in total. The van der Waals surface area contributed by atoms with E-state index in [2.05, 4.69) is 68.0 Å². The second kappa shape index (κ2) is 10.2. The first-order chi connectivity index (χ1) is 13.7. The molecule has 3 heterocycles. The Labute approximate surface area is 178 Å². The minimum atomic E-state index is -0.0702. The number of aromatic amines is 1. The van der Waals surface area contributed by atoms with Gasteiger partial charge in [0.2, 0.25) is 0 Å². The maximum absolute atomic E-state index is 12.5. The zero-order valence-electron chi connectivity index (χ0n) is 17.0. The van der Waals surface area contributed by atoms with Crippen molar-refractivity contribution in [2.75, 3.05) is 46.3 Å². The average Bonchev–Trinajstić information content (AvgIpc) is 3.17. The molecule has 2 aromatic rings. The highest BCUT2D eigenvalue weighted by Crippen LogP contribution is 2.24. The number of rotatable bonds is 6. The van der Waals surface area contributed by atoms with E-state index >= 15 is 0 Å². The first-order valence-corrected chi connectivity index (χ1v) is 10.2.